The van der Waals surface area contributed by atoms with Crippen LogP contribution in [0.3, 0.4) is 0 Å². The molecule has 3 aliphatic heterocycles. The molecule has 5 rings (SSSR count). The molecule has 2 aliphatic carbocycles. The maximum atomic E-state index is 11.6. The van der Waals surface area contributed by atoms with Crippen molar-refractivity contribution in [2.24, 2.45) is 16.7 Å². The predicted octanol–water partition coefficient (Wildman–Crippen LogP) is -1.30. The molecule has 1 unspecified atom stereocenters. The van der Waals surface area contributed by atoms with Gasteiger partial charge in [-0.05, 0) is 19.3 Å². The second-order valence-electron chi connectivity index (χ2n) is 8.07. The van der Waals surface area contributed by atoms with Gasteiger partial charge in [0.1, 0.15) is 17.3 Å². The van der Waals surface area contributed by atoms with Crippen LogP contribution in [0.4, 0.5) is 0 Å². The summed E-state index contributed by atoms with van der Waals surface area (Å²) in [6.45, 7) is 4.68. The number of aliphatic hydroxyl groups is 5. The Hall–Kier alpha value is -0.280. The van der Waals surface area contributed by atoms with E-state index >= 15 is 0 Å². The van der Waals surface area contributed by atoms with Crippen molar-refractivity contribution in [1.29, 1.82) is 0 Å². The molecule has 126 valence electrons. The predicted molar refractivity (Wildman–Crippen MR) is 72.3 cm³/mol. The average Bonchev–Trinajstić information content (AvgIpc) is 2.56. The van der Waals surface area contributed by atoms with E-state index in [2.05, 4.69) is 0 Å². The fourth-order valence-electron chi connectivity index (χ4n) is 5.86. The van der Waals surface area contributed by atoms with E-state index in [1.54, 1.807) is 6.92 Å². The van der Waals surface area contributed by atoms with E-state index in [1.165, 1.54) is 6.92 Å². The molecule has 0 radical (unpaired) electrons. The average molecular weight is 316 g/mol. The Morgan fingerprint density at radius 3 is 2.36 bits per heavy atom. The molecule has 7 heteroatoms. The van der Waals surface area contributed by atoms with Gasteiger partial charge in [0.25, 0.3) is 0 Å². The third-order valence-electron chi connectivity index (χ3n) is 7.49. The topological polar surface area (TPSA) is 120 Å². The highest BCUT2D eigenvalue weighted by atomic mass is 16.8. The zero-order chi connectivity index (χ0) is 16.3. The van der Waals surface area contributed by atoms with Gasteiger partial charge < -0.3 is 35.0 Å². The number of ether oxygens (including phenoxy) is 2. The van der Waals surface area contributed by atoms with Gasteiger partial charge in [-0.1, -0.05) is 13.8 Å². The molecule has 5 N–H and O–H groups in total. The standard InChI is InChI=1S/C15H24O7/c1-7-4-8(16)15(20)11(2)6-21-10-9(17)13(7,15)5-14(19,22-10)12(11,3)18/h7-10,16-20H,4-6H2,1-3H3/t7-,8-,9?,10+,11-,12-,13+,14-,15+/m1/s1. The van der Waals surface area contributed by atoms with E-state index in [4.69, 9.17) is 9.47 Å². The first-order chi connectivity index (χ1) is 9.98. The number of rotatable bonds is 0. The molecule has 7 nitrogen and oxygen atoms in total. The Morgan fingerprint density at radius 1 is 1.09 bits per heavy atom. The van der Waals surface area contributed by atoms with Crippen LogP contribution < -0.4 is 0 Å². The van der Waals surface area contributed by atoms with Crippen LogP contribution >= 0.6 is 0 Å². The number of fused-ring (bicyclic) bond motifs is 1. The smallest absolute Gasteiger partial charge is 0.199 e. The van der Waals surface area contributed by atoms with Gasteiger partial charge in [-0.3, -0.25) is 0 Å². The van der Waals surface area contributed by atoms with Crippen molar-refractivity contribution >= 4 is 0 Å². The van der Waals surface area contributed by atoms with Crippen molar-refractivity contribution in [1.82, 2.24) is 0 Å². The summed E-state index contributed by atoms with van der Waals surface area (Å²) in [7, 11) is 0. The summed E-state index contributed by atoms with van der Waals surface area (Å²) in [5, 5.41) is 55.1. The fraction of sp³-hybridized carbons (Fsp3) is 1.00. The molecule has 3 heterocycles. The molecule has 4 bridgehead atoms. The quantitative estimate of drug-likeness (QED) is 0.377. The SMILES string of the molecule is C[C@@H]1C[C@@H](O)[C@]2(O)[C@]3(C)CO[C@H]4O[C@](O)(C[C@@]12C4O)[C@]3(C)O. The van der Waals surface area contributed by atoms with Crippen LogP contribution in [0.1, 0.15) is 33.6 Å². The van der Waals surface area contributed by atoms with Gasteiger partial charge in [0.05, 0.1) is 18.1 Å². The molecular formula is C15H24O7. The lowest BCUT2D eigenvalue weighted by Crippen LogP contribution is -2.84. The molecule has 1 spiro atoms. The molecule has 2 saturated carbocycles. The molecule has 5 aliphatic rings. The monoisotopic (exact) mass is 316 g/mol. The van der Waals surface area contributed by atoms with Gasteiger partial charge >= 0.3 is 0 Å². The number of hydrogen-bond acceptors (Lipinski definition) is 7. The van der Waals surface area contributed by atoms with Crippen molar-refractivity contribution in [3.8, 4) is 0 Å². The normalized spacial score (nSPS) is 69.8. The molecule has 0 aromatic rings. The second-order valence-corrected chi connectivity index (χ2v) is 8.07. The summed E-state index contributed by atoms with van der Waals surface area (Å²) >= 11 is 0. The zero-order valence-electron chi connectivity index (χ0n) is 13.0. The minimum absolute atomic E-state index is 0.133. The minimum Gasteiger partial charge on any atom is -0.390 e. The maximum Gasteiger partial charge on any atom is 0.199 e. The molecule has 3 saturated heterocycles. The van der Waals surface area contributed by atoms with Crippen molar-refractivity contribution in [2.45, 2.75) is 69.1 Å². The van der Waals surface area contributed by atoms with E-state index in [0.717, 1.165) is 0 Å². The van der Waals surface area contributed by atoms with Crippen LogP contribution in [-0.4, -0.2) is 67.6 Å². The van der Waals surface area contributed by atoms with Crippen molar-refractivity contribution in [3.63, 3.8) is 0 Å². The Morgan fingerprint density at radius 2 is 1.73 bits per heavy atom. The van der Waals surface area contributed by atoms with Gasteiger partial charge in [-0.25, -0.2) is 0 Å². The highest BCUT2D eigenvalue weighted by Crippen LogP contribution is 2.74. The van der Waals surface area contributed by atoms with Crippen LogP contribution in [0, 0.1) is 16.7 Å². The van der Waals surface area contributed by atoms with Crippen LogP contribution in [0.2, 0.25) is 0 Å². The molecule has 0 amide bonds. The van der Waals surface area contributed by atoms with E-state index in [1.807, 2.05) is 6.92 Å². The molecule has 0 aromatic heterocycles. The van der Waals surface area contributed by atoms with Crippen LogP contribution in [-0.2, 0) is 9.47 Å². The second kappa shape index (κ2) is 3.69. The first-order valence-corrected chi connectivity index (χ1v) is 7.81. The third kappa shape index (κ3) is 1.12. The molecule has 9 atom stereocenters. The summed E-state index contributed by atoms with van der Waals surface area (Å²) in [6.07, 6.45) is -3.34. The van der Waals surface area contributed by atoms with Gasteiger partial charge in [0.2, 0.25) is 0 Å². The van der Waals surface area contributed by atoms with Crippen LogP contribution in [0.5, 0.6) is 0 Å². The van der Waals surface area contributed by atoms with Gasteiger partial charge in [0, 0.05) is 11.8 Å². The Bertz CT molecular complexity index is 530. The zero-order valence-corrected chi connectivity index (χ0v) is 13.0. The lowest BCUT2D eigenvalue weighted by molar-refractivity contribution is -0.452. The van der Waals surface area contributed by atoms with Gasteiger partial charge in [-0.15, -0.1) is 0 Å². The highest BCUT2D eigenvalue weighted by molar-refractivity contribution is 5.33. The molecular weight excluding hydrogens is 292 g/mol. The summed E-state index contributed by atoms with van der Waals surface area (Å²) < 4.78 is 11.1. The van der Waals surface area contributed by atoms with E-state index in [-0.39, 0.29) is 25.4 Å². The fourth-order valence-corrected chi connectivity index (χ4v) is 5.86. The van der Waals surface area contributed by atoms with Crippen LogP contribution in [0.25, 0.3) is 0 Å². The summed E-state index contributed by atoms with van der Waals surface area (Å²) in [6, 6.07) is 0. The maximum absolute atomic E-state index is 11.6. The summed E-state index contributed by atoms with van der Waals surface area (Å²) in [5.41, 5.74) is -6.23. The largest absolute Gasteiger partial charge is 0.390 e. The van der Waals surface area contributed by atoms with Crippen molar-refractivity contribution in [2.75, 3.05) is 6.61 Å². The van der Waals surface area contributed by atoms with Gasteiger partial charge in [0.15, 0.2) is 12.1 Å². The molecule has 5 fully saturated rings. The summed E-state index contributed by atoms with van der Waals surface area (Å²) in [5.74, 6) is -2.22. The van der Waals surface area contributed by atoms with E-state index in [0.29, 0.717) is 0 Å². The summed E-state index contributed by atoms with van der Waals surface area (Å²) in [4.78, 5) is 0. The minimum atomic E-state index is -1.95. The third-order valence-corrected chi connectivity index (χ3v) is 7.49. The highest BCUT2D eigenvalue weighted by Gasteiger charge is 2.87. The van der Waals surface area contributed by atoms with Crippen LogP contribution in [0.15, 0.2) is 0 Å². The first-order valence-electron chi connectivity index (χ1n) is 7.81. The van der Waals surface area contributed by atoms with E-state index < -0.39 is 46.3 Å². The Balaban J connectivity index is 2.08. The number of hydrogen-bond donors (Lipinski definition) is 5. The van der Waals surface area contributed by atoms with Crippen molar-refractivity contribution < 1.29 is 35.0 Å². The molecule has 22 heavy (non-hydrogen) atoms. The lowest BCUT2D eigenvalue weighted by Gasteiger charge is -2.69. The Labute approximate surface area is 128 Å². The number of aliphatic hydroxyl groups excluding tert-OH is 2. The van der Waals surface area contributed by atoms with Gasteiger partial charge in [-0.2, -0.15) is 0 Å². The first kappa shape index (κ1) is 15.3. The Kier molecular flexibility index (Phi) is 2.56. The van der Waals surface area contributed by atoms with Crippen molar-refractivity contribution in [3.05, 3.63) is 0 Å². The lowest BCUT2D eigenvalue weighted by atomic mass is 9.43. The molecule has 0 aromatic carbocycles. The van der Waals surface area contributed by atoms with E-state index in [9.17, 15) is 25.5 Å².